The number of anilines is 1. The van der Waals surface area contributed by atoms with Crippen LogP contribution in [0.2, 0.25) is 0 Å². The predicted octanol–water partition coefficient (Wildman–Crippen LogP) is 4.20. The Labute approximate surface area is 193 Å². The molecule has 0 atom stereocenters. The molecule has 0 bridgehead atoms. The zero-order valence-corrected chi connectivity index (χ0v) is 19.3. The van der Waals surface area contributed by atoms with Crippen molar-refractivity contribution in [2.75, 3.05) is 50.8 Å². The number of rotatable bonds is 6. The maximum absolute atomic E-state index is 12.4. The van der Waals surface area contributed by atoms with Gasteiger partial charge in [-0.05, 0) is 67.6 Å². The quantitative estimate of drug-likeness (QED) is 0.551. The highest BCUT2D eigenvalue weighted by molar-refractivity contribution is 7.97. The number of fused-ring (bicyclic) bond motifs is 1. The molecular formula is C25H30N4O2S. The molecule has 0 aliphatic carbocycles. The lowest BCUT2D eigenvalue weighted by molar-refractivity contribution is -0.133. The summed E-state index contributed by atoms with van der Waals surface area (Å²) < 4.78 is 8.60. The zero-order chi connectivity index (χ0) is 21.9. The fraction of sp³-hybridized carbons (Fsp3) is 0.400. The molecule has 2 aliphatic heterocycles. The monoisotopic (exact) mass is 450 g/mol. The summed E-state index contributed by atoms with van der Waals surface area (Å²) in [6.07, 6.45) is 2.49. The van der Waals surface area contributed by atoms with Gasteiger partial charge in [-0.1, -0.05) is 12.1 Å². The molecule has 32 heavy (non-hydrogen) atoms. The Balaban J connectivity index is 1.36. The molecule has 0 unspecified atom stereocenters. The van der Waals surface area contributed by atoms with Crippen LogP contribution in [0.4, 0.5) is 5.69 Å². The van der Waals surface area contributed by atoms with Gasteiger partial charge in [-0.25, -0.2) is 0 Å². The van der Waals surface area contributed by atoms with E-state index in [2.05, 4.69) is 64.0 Å². The average molecular weight is 451 g/mol. The minimum Gasteiger partial charge on any atom is -0.378 e. The number of carbonyl (C=O) groups excluding carboxylic acids is 1. The van der Waals surface area contributed by atoms with E-state index < -0.39 is 0 Å². The first kappa shape index (κ1) is 21.4. The van der Waals surface area contributed by atoms with Gasteiger partial charge in [0.15, 0.2) is 0 Å². The molecule has 2 aliphatic rings. The molecule has 1 amide bonds. The van der Waals surface area contributed by atoms with Crippen LogP contribution in [0.5, 0.6) is 0 Å². The van der Waals surface area contributed by atoms with Crippen LogP contribution in [0, 0.1) is 6.92 Å². The van der Waals surface area contributed by atoms with Gasteiger partial charge in [0.05, 0.1) is 19.8 Å². The van der Waals surface area contributed by atoms with Crippen molar-refractivity contribution in [1.29, 1.82) is 0 Å². The second-order valence-corrected chi connectivity index (χ2v) is 9.53. The van der Waals surface area contributed by atoms with Gasteiger partial charge in [0, 0.05) is 58.9 Å². The van der Waals surface area contributed by atoms with E-state index in [9.17, 15) is 4.79 Å². The highest BCUT2D eigenvalue weighted by atomic mass is 32.2. The second-order valence-electron chi connectivity index (χ2n) is 8.56. The summed E-state index contributed by atoms with van der Waals surface area (Å²) in [6, 6.07) is 15.4. The van der Waals surface area contributed by atoms with E-state index in [1.54, 1.807) is 0 Å². The van der Waals surface area contributed by atoms with E-state index in [1.807, 2.05) is 4.90 Å². The number of carbonyl (C=O) groups is 1. The third-order valence-electron chi connectivity index (χ3n) is 6.26. The van der Waals surface area contributed by atoms with Gasteiger partial charge in [-0.2, -0.15) is 0 Å². The van der Waals surface area contributed by atoms with Gasteiger partial charge in [-0.3, -0.25) is 9.52 Å². The van der Waals surface area contributed by atoms with Crippen LogP contribution in [-0.2, 0) is 9.53 Å². The third kappa shape index (κ3) is 4.65. The van der Waals surface area contributed by atoms with E-state index in [4.69, 9.17) is 4.74 Å². The number of hydrogen-bond acceptors (Lipinski definition) is 5. The number of nitrogens with one attached hydrogen (secondary N) is 2. The summed E-state index contributed by atoms with van der Waals surface area (Å²) in [5.74, 6) is 0.126. The molecule has 6 nitrogen and oxygen atoms in total. The molecule has 0 spiro atoms. The highest BCUT2D eigenvalue weighted by Gasteiger charge is 2.19. The lowest BCUT2D eigenvalue weighted by Gasteiger charge is -2.26. The van der Waals surface area contributed by atoms with Crippen molar-refractivity contribution >= 4 is 34.4 Å². The Bertz CT molecular complexity index is 1100. The molecule has 2 fully saturated rings. The minimum absolute atomic E-state index is 0.126. The van der Waals surface area contributed by atoms with Crippen LogP contribution < -0.4 is 9.62 Å². The van der Waals surface area contributed by atoms with E-state index in [1.165, 1.54) is 52.5 Å². The average Bonchev–Trinajstić information content (AvgIpc) is 3.49. The van der Waals surface area contributed by atoms with Crippen molar-refractivity contribution < 1.29 is 9.53 Å². The smallest absolute Gasteiger partial charge is 0.237 e. The molecule has 2 aromatic carbocycles. The minimum atomic E-state index is 0.126. The Morgan fingerprint density at radius 3 is 2.69 bits per heavy atom. The summed E-state index contributed by atoms with van der Waals surface area (Å²) >= 11 is 1.52. The molecular weight excluding hydrogens is 420 g/mol. The molecule has 2 N–H and O–H groups in total. The van der Waals surface area contributed by atoms with Gasteiger partial charge in [0.25, 0.3) is 0 Å². The summed E-state index contributed by atoms with van der Waals surface area (Å²) in [4.78, 5) is 21.5. The fourth-order valence-electron chi connectivity index (χ4n) is 4.52. The number of ether oxygens (including phenoxy) is 1. The van der Waals surface area contributed by atoms with Crippen molar-refractivity contribution in [3.63, 3.8) is 0 Å². The number of hydrogen-bond donors (Lipinski definition) is 2. The van der Waals surface area contributed by atoms with Crippen molar-refractivity contribution in [3.8, 4) is 11.3 Å². The number of aromatic amines is 1. The molecule has 3 aromatic rings. The molecule has 1 aromatic heterocycles. The first-order valence-corrected chi connectivity index (χ1v) is 12.2. The SMILES string of the molecule is Cc1ccc2cc(-c3cc(SNCC(=O)N4CCOCC4)ccc3N3CCCC3)[nH]c2c1. The Hall–Kier alpha value is -2.48. The first-order chi connectivity index (χ1) is 15.7. The summed E-state index contributed by atoms with van der Waals surface area (Å²) in [5.41, 5.74) is 6.05. The molecule has 2 saturated heterocycles. The van der Waals surface area contributed by atoms with Crippen LogP contribution in [0.1, 0.15) is 18.4 Å². The first-order valence-electron chi connectivity index (χ1n) is 11.4. The molecule has 7 heteroatoms. The normalized spacial score (nSPS) is 16.8. The molecule has 0 radical (unpaired) electrons. The second kappa shape index (κ2) is 9.57. The third-order valence-corrected chi connectivity index (χ3v) is 7.04. The number of amides is 1. The lowest BCUT2D eigenvalue weighted by atomic mass is 10.1. The summed E-state index contributed by atoms with van der Waals surface area (Å²) in [5, 5.41) is 1.23. The fourth-order valence-corrected chi connectivity index (χ4v) is 5.20. The van der Waals surface area contributed by atoms with Crippen LogP contribution in [0.15, 0.2) is 47.4 Å². The van der Waals surface area contributed by atoms with E-state index in [-0.39, 0.29) is 5.91 Å². The number of H-pyrrole nitrogens is 1. The summed E-state index contributed by atoms with van der Waals surface area (Å²) in [7, 11) is 0. The zero-order valence-electron chi connectivity index (χ0n) is 18.5. The van der Waals surface area contributed by atoms with Gasteiger partial charge < -0.3 is 19.5 Å². The Morgan fingerprint density at radius 2 is 1.88 bits per heavy atom. The standard InChI is InChI=1S/C25H30N4O2S/c1-18-4-5-19-15-23(27-22(19)14-18)21-16-20(6-7-24(21)28-8-2-3-9-28)32-26-17-25(30)29-10-12-31-13-11-29/h4-7,14-16,26-27H,2-3,8-13,17H2,1H3. The predicted molar refractivity (Wildman–Crippen MR) is 131 cm³/mol. The van der Waals surface area contributed by atoms with E-state index in [0.717, 1.165) is 23.7 Å². The number of aromatic nitrogens is 1. The molecule has 3 heterocycles. The van der Waals surface area contributed by atoms with Crippen LogP contribution in [0.3, 0.4) is 0 Å². The maximum atomic E-state index is 12.4. The van der Waals surface area contributed by atoms with Gasteiger partial charge >= 0.3 is 0 Å². The number of nitrogens with zero attached hydrogens (tertiary/aromatic N) is 2. The van der Waals surface area contributed by atoms with Crippen LogP contribution >= 0.6 is 11.9 Å². The van der Waals surface area contributed by atoms with Crippen molar-refractivity contribution in [2.24, 2.45) is 0 Å². The van der Waals surface area contributed by atoms with Crippen molar-refractivity contribution in [2.45, 2.75) is 24.7 Å². The highest BCUT2D eigenvalue weighted by Crippen LogP contribution is 2.36. The van der Waals surface area contributed by atoms with Gasteiger partial charge in [-0.15, -0.1) is 0 Å². The molecule has 5 rings (SSSR count). The topological polar surface area (TPSA) is 60.6 Å². The number of benzene rings is 2. The largest absolute Gasteiger partial charge is 0.378 e. The Kier molecular flexibility index (Phi) is 6.39. The van der Waals surface area contributed by atoms with Crippen LogP contribution in [0.25, 0.3) is 22.2 Å². The Morgan fingerprint density at radius 1 is 1.06 bits per heavy atom. The van der Waals surface area contributed by atoms with Crippen molar-refractivity contribution in [3.05, 3.63) is 48.0 Å². The summed E-state index contributed by atoms with van der Waals surface area (Å²) in [6.45, 7) is 7.26. The van der Waals surface area contributed by atoms with Gasteiger partial charge in [0.1, 0.15) is 0 Å². The van der Waals surface area contributed by atoms with Crippen LogP contribution in [-0.4, -0.2) is 61.7 Å². The van der Waals surface area contributed by atoms with Gasteiger partial charge in [0.2, 0.25) is 5.91 Å². The maximum Gasteiger partial charge on any atom is 0.237 e. The van der Waals surface area contributed by atoms with E-state index >= 15 is 0 Å². The lowest BCUT2D eigenvalue weighted by Crippen LogP contribution is -2.43. The number of aryl methyl sites for hydroxylation is 1. The van der Waals surface area contributed by atoms with Crippen molar-refractivity contribution in [1.82, 2.24) is 14.6 Å². The molecule has 168 valence electrons. The number of morpholine rings is 1. The molecule has 0 saturated carbocycles. The van der Waals surface area contributed by atoms with E-state index in [0.29, 0.717) is 32.8 Å².